The van der Waals surface area contributed by atoms with Crippen LogP contribution in [0, 0.1) is 0 Å². The number of benzene rings is 2. The Morgan fingerprint density at radius 3 is 2.15 bits per heavy atom. The molecule has 0 unspecified atom stereocenters. The average Bonchev–Trinajstić information content (AvgIpc) is 2.62. The molecular formula is C20H24N2O4. The second-order valence-electron chi connectivity index (χ2n) is 6.23. The van der Waals surface area contributed by atoms with E-state index in [4.69, 9.17) is 9.47 Å². The molecule has 0 saturated carbocycles. The van der Waals surface area contributed by atoms with Crippen molar-refractivity contribution in [3.63, 3.8) is 0 Å². The maximum absolute atomic E-state index is 12.3. The van der Waals surface area contributed by atoms with Crippen LogP contribution in [0.15, 0.2) is 48.5 Å². The molecule has 2 N–H and O–H groups in total. The van der Waals surface area contributed by atoms with E-state index >= 15 is 0 Å². The highest BCUT2D eigenvalue weighted by atomic mass is 16.5. The topological polar surface area (TPSA) is 76.7 Å². The van der Waals surface area contributed by atoms with Crippen LogP contribution in [0.2, 0.25) is 0 Å². The van der Waals surface area contributed by atoms with E-state index in [0.717, 1.165) is 11.3 Å². The highest BCUT2D eigenvalue weighted by Gasteiger charge is 2.23. The van der Waals surface area contributed by atoms with Gasteiger partial charge in [0.15, 0.2) is 0 Å². The number of ether oxygens (including phenoxy) is 2. The van der Waals surface area contributed by atoms with Gasteiger partial charge in [-0.3, -0.25) is 0 Å². The van der Waals surface area contributed by atoms with E-state index in [0.29, 0.717) is 17.9 Å². The number of anilines is 1. The van der Waals surface area contributed by atoms with Crippen LogP contribution in [0.5, 0.6) is 5.75 Å². The lowest BCUT2D eigenvalue weighted by Crippen LogP contribution is -2.43. The maximum atomic E-state index is 12.3. The number of carbonyl (C=O) groups excluding carboxylic acids is 2. The van der Waals surface area contributed by atoms with Crippen molar-refractivity contribution in [3.05, 3.63) is 59.7 Å². The van der Waals surface area contributed by atoms with Gasteiger partial charge in [0.1, 0.15) is 5.75 Å². The molecule has 0 saturated heterocycles. The van der Waals surface area contributed by atoms with Crippen LogP contribution in [-0.2, 0) is 10.3 Å². The molecule has 0 spiro atoms. The number of carbonyl (C=O) groups is 2. The Bertz CT molecular complexity index is 752. The minimum atomic E-state index is -0.568. The molecule has 0 aliphatic rings. The fourth-order valence-corrected chi connectivity index (χ4v) is 2.43. The Hall–Kier alpha value is -3.02. The number of methoxy groups -OCH3 is 1. The van der Waals surface area contributed by atoms with Crippen molar-refractivity contribution in [3.8, 4) is 5.75 Å². The lowest BCUT2D eigenvalue weighted by molar-refractivity contribution is 0.0526. The molecule has 0 heterocycles. The molecular weight excluding hydrogens is 332 g/mol. The van der Waals surface area contributed by atoms with Crippen LogP contribution < -0.4 is 15.4 Å². The van der Waals surface area contributed by atoms with E-state index in [2.05, 4.69) is 10.6 Å². The molecule has 2 aromatic carbocycles. The second kappa shape index (κ2) is 8.38. The summed E-state index contributed by atoms with van der Waals surface area (Å²) in [5.74, 6) is 0.375. The van der Waals surface area contributed by atoms with E-state index in [9.17, 15) is 9.59 Å². The normalized spacial score (nSPS) is 10.8. The summed E-state index contributed by atoms with van der Waals surface area (Å²) >= 11 is 0. The molecule has 2 amide bonds. The van der Waals surface area contributed by atoms with Crippen molar-refractivity contribution < 1.29 is 19.1 Å². The fraction of sp³-hybridized carbons (Fsp3) is 0.300. The molecule has 0 aromatic heterocycles. The van der Waals surface area contributed by atoms with Gasteiger partial charge in [-0.2, -0.15) is 0 Å². The quantitative estimate of drug-likeness (QED) is 0.769. The fourth-order valence-electron chi connectivity index (χ4n) is 2.43. The first kappa shape index (κ1) is 19.3. The highest BCUT2D eigenvalue weighted by molar-refractivity contribution is 5.92. The lowest BCUT2D eigenvalue weighted by Gasteiger charge is -2.27. The van der Waals surface area contributed by atoms with Crippen LogP contribution in [0.25, 0.3) is 0 Å². The van der Waals surface area contributed by atoms with Gasteiger partial charge in [0.2, 0.25) is 0 Å². The van der Waals surface area contributed by atoms with E-state index in [-0.39, 0.29) is 12.0 Å². The van der Waals surface area contributed by atoms with E-state index < -0.39 is 5.54 Å². The number of urea groups is 1. The van der Waals surface area contributed by atoms with Gasteiger partial charge in [-0.1, -0.05) is 12.1 Å². The molecule has 26 heavy (non-hydrogen) atoms. The van der Waals surface area contributed by atoms with Crippen molar-refractivity contribution in [1.29, 1.82) is 0 Å². The molecule has 138 valence electrons. The predicted molar refractivity (Wildman–Crippen MR) is 101 cm³/mol. The first-order valence-corrected chi connectivity index (χ1v) is 8.36. The molecule has 2 rings (SSSR count). The molecule has 6 nitrogen and oxygen atoms in total. The van der Waals surface area contributed by atoms with Gasteiger partial charge < -0.3 is 20.1 Å². The lowest BCUT2D eigenvalue weighted by atomic mass is 9.94. The molecule has 6 heteroatoms. The first-order chi connectivity index (χ1) is 12.4. The molecule has 0 bridgehead atoms. The number of hydrogen-bond acceptors (Lipinski definition) is 4. The van der Waals surface area contributed by atoms with Crippen molar-refractivity contribution in [2.75, 3.05) is 19.0 Å². The van der Waals surface area contributed by atoms with Crippen molar-refractivity contribution in [1.82, 2.24) is 5.32 Å². The number of rotatable bonds is 6. The molecule has 0 atom stereocenters. The van der Waals surface area contributed by atoms with Crippen LogP contribution >= 0.6 is 0 Å². The van der Waals surface area contributed by atoms with Gasteiger partial charge in [0.05, 0.1) is 24.8 Å². The summed E-state index contributed by atoms with van der Waals surface area (Å²) in [6.45, 7) is 5.90. The second-order valence-corrected chi connectivity index (χ2v) is 6.23. The predicted octanol–water partition coefficient (Wildman–Crippen LogP) is 3.93. The third-order valence-electron chi connectivity index (χ3n) is 3.89. The minimum absolute atomic E-state index is 0.321. The van der Waals surface area contributed by atoms with Crippen molar-refractivity contribution >= 4 is 17.7 Å². The highest BCUT2D eigenvalue weighted by Crippen LogP contribution is 2.23. The summed E-state index contributed by atoms with van der Waals surface area (Å²) in [4.78, 5) is 23.9. The number of amides is 2. The molecule has 0 fully saturated rings. The van der Waals surface area contributed by atoms with Gasteiger partial charge >= 0.3 is 12.0 Å². The van der Waals surface area contributed by atoms with Gasteiger partial charge in [-0.15, -0.1) is 0 Å². The summed E-state index contributed by atoms with van der Waals surface area (Å²) in [7, 11) is 1.61. The zero-order valence-corrected chi connectivity index (χ0v) is 15.5. The van der Waals surface area contributed by atoms with Crippen LogP contribution in [0.4, 0.5) is 10.5 Å². The van der Waals surface area contributed by atoms with Crippen LogP contribution in [0.1, 0.15) is 36.7 Å². The summed E-state index contributed by atoms with van der Waals surface area (Å²) in [6, 6.07) is 13.7. The standard InChI is InChI=1S/C20H24N2O4/c1-5-26-18(23)14-6-10-16(11-7-14)21-19(24)22-20(2,3)15-8-12-17(25-4)13-9-15/h6-13H,5H2,1-4H3,(H2,21,22,24). The maximum Gasteiger partial charge on any atom is 0.338 e. The monoisotopic (exact) mass is 356 g/mol. The number of nitrogens with one attached hydrogen (secondary N) is 2. The number of hydrogen-bond donors (Lipinski definition) is 2. The summed E-state index contributed by atoms with van der Waals surface area (Å²) in [5, 5.41) is 5.70. The third kappa shape index (κ3) is 4.99. The SMILES string of the molecule is CCOC(=O)c1ccc(NC(=O)NC(C)(C)c2ccc(OC)cc2)cc1. The zero-order valence-electron chi connectivity index (χ0n) is 15.5. The summed E-state index contributed by atoms with van der Waals surface area (Å²) in [6.07, 6.45) is 0. The van der Waals surface area contributed by atoms with E-state index in [1.165, 1.54) is 0 Å². The van der Waals surface area contributed by atoms with Gasteiger partial charge in [-0.25, -0.2) is 9.59 Å². The van der Waals surface area contributed by atoms with E-state index in [1.807, 2.05) is 38.1 Å². The Kier molecular flexibility index (Phi) is 6.22. The molecule has 2 aromatic rings. The Morgan fingerprint density at radius 2 is 1.62 bits per heavy atom. The van der Waals surface area contributed by atoms with Crippen molar-refractivity contribution in [2.24, 2.45) is 0 Å². The zero-order chi connectivity index (χ0) is 19.2. The Balaban J connectivity index is 1.99. The average molecular weight is 356 g/mol. The minimum Gasteiger partial charge on any atom is -0.497 e. The molecule has 0 aliphatic carbocycles. The van der Waals surface area contributed by atoms with Gasteiger partial charge in [-0.05, 0) is 62.7 Å². The number of esters is 1. The van der Waals surface area contributed by atoms with Crippen molar-refractivity contribution in [2.45, 2.75) is 26.3 Å². The van der Waals surface area contributed by atoms with E-state index in [1.54, 1.807) is 38.3 Å². The van der Waals surface area contributed by atoms with Gasteiger partial charge in [0, 0.05) is 5.69 Å². The van der Waals surface area contributed by atoms with Crippen LogP contribution in [0.3, 0.4) is 0 Å². The third-order valence-corrected chi connectivity index (χ3v) is 3.89. The van der Waals surface area contributed by atoms with Gasteiger partial charge in [0.25, 0.3) is 0 Å². The summed E-state index contributed by atoms with van der Waals surface area (Å²) < 4.78 is 10.1. The first-order valence-electron chi connectivity index (χ1n) is 8.36. The smallest absolute Gasteiger partial charge is 0.338 e. The summed E-state index contributed by atoms with van der Waals surface area (Å²) in [5.41, 5.74) is 1.41. The molecule has 0 aliphatic heterocycles. The Morgan fingerprint density at radius 1 is 1.00 bits per heavy atom. The van der Waals surface area contributed by atoms with Crippen LogP contribution in [-0.4, -0.2) is 25.7 Å². The largest absolute Gasteiger partial charge is 0.497 e. The molecule has 0 radical (unpaired) electrons. The Labute approximate surface area is 153 Å².